The van der Waals surface area contributed by atoms with Crippen molar-refractivity contribution in [2.75, 3.05) is 0 Å². The summed E-state index contributed by atoms with van der Waals surface area (Å²) in [6, 6.07) is 19.5. The zero-order valence-corrected chi connectivity index (χ0v) is 17.3. The second kappa shape index (κ2) is 11.3. The fourth-order valence-electron chi connectivity index (χ4n) is 3.15. The first-order valence-corrected chi connectivity index (χ1v) is 10.1. The van der Waals surface area contributed by atoms with Gasteiger partial charge in [0.1, 0.15) is 17.8 Å². The maximum Gasteiger partial charge on any atom is 0.326 e. The summed E-state index contributed by atoms with van der Waals surface area (Å²) in [4.78, 5) is 37.2. The normalized spacial score (nSPS) is 12.8. The topological polar surface area (TPSA) is 109 Å². The van der Waals surface area contributed by atoms with Crippen molar-refractivity contribution >= 4 is 23.9 Å². The number of aliphatic carboxylic acids is 1. The van der Waals surface area contributed by atoms with Crippen LogP contribution in [0.25, 0.3) is 6.08 Å². The molecule has 0 bridgehead atoms. The minimum atomic E-state index is -1.15. The van der Waals surface area contributed by atoms with E-state index in [1.165, 1.54) is 18.4 Å². The zero-order valence-electron chi connectivity index (χ0n) is 17.3. The van der Waals surface area contributed by atoms with Crippen molar-refractivity contribution in [3.8, 4) is 0 Å². The van der Waals surface area contributed by atoms with E-state index < -0.39 is 29.9 Å². The van der Waals surface area contributed by atoms with Gasteiger partial charge in [0.25, 0.3) is 0 Å². The lowest BCUT2D eigenvalue weighted by atomic mass is 10.0. The molecule has 0 aliphatic heterocycles. The molecule has 3 N–H and O–H groups in total. The van der Waals surface area contributed by atoms with E-state index in [1.54, 1.807) is 36.4 Å². The first-order valence-electron chi connectivity index (χ1n) is 10.1. The van der Waals surface area contributed by atoms with Crippen molar-refractivity contribution in [2.45, 2.75) is 24.9 Å². The van der Waals surface area contributed by atoms with E-state index >= 15 is 0 Å². The molecule has 7 heteroatoms. The standard InChI is InChI=1S/C25H24N2O5/c28-23(14-13-20-12-7-15-32-20)26-21(16-18-8-3-1-4-9-18)24(29)27-22(25(30)31)17-19-10-5-2-6-11-19/h1-15,21-22H,16-17H2,(H,26,28)(H,27,29)(H,30,31)/b14-13+/t21-,22+/m1/s1. The fourth-order valence-corrected chi connectivity index (χ4v) is 3.15. The molecule has 7 nitrogen and oxygen atoms in total. The molecule has 1 heterocycles. The summed E-state index contributed by atoms with van der Waals surface area (Å²) in [5.74, 6) is -1.72. The zero-order chi connectivity index (χ0) is 22.8. The molecule has 2 amide bonds. The predicted octanol–water partition coefficient (Wildman–Crippen LogP) is 2.83. The number of benzene rings is 2. The third-order valence-corrected chi connectivity index (χ3v) is 4.76. The molecule has 2 atom stereocenters. The minimum Gasteiger partial charge on any atom is -0.480 e. The van der Waals surface area contributed by atoms with Gasteiger partial charge in [0.15, 0.2) is 0 Å². The number of nitrogens with one attached hydrogen (secondary N) is 2. The van der Waals surface area contributed by atoms with Crippen LogP contribution in [-0.2, 0) is 27.2 Å². The lowest BCUT2D eigenvalue weighted by molar-refractivity contribution is -0.142. The van der Waals surface area contributed by atoms with Crippen LogP contribution in [0.15, 0.2) is 89.6 Å². The summed E-state index contributed by atoms with van der Waals surface area (Å²) in [7, 11) is 0. The van der Waals surface area contributed by atoms with Crippen molar-refractivity contribution in [1.82, 2.24) is 10.6 Å². The minimum absolute atomic E-state index is 0.131. The molecule has 1 aromatic heterocycles. The Hall–Kier alpha value is -4.13. The molecule has 0 aliphatic carbocycles. The Morgan fingerprint density at radius 3 is 1.94 bits per heavy atom. The second-order valence-electron chi connectivity index (χ2n) is 7.19. The lowest BCUT2D eigenvalue weighted by Crippen LogP contribution is -2.52. The van der Waals surface area contributed by atoms with Crippen LogP contribution in [0.4, 0.5) is 0 Å². The van der Waals surface area contributed by atoms with Gasteiger partial charge in [-0.25, -0.2) is 4.79 Å². The molecule has 0 radical (unpaired) electrons. The predicted molar refractivity (Wildman–Crippen MR) is 120 cm³/mol. The van der Waals surface area contributed by atoms with Crippen LogP contribution < -0.4 is 10.6 Å². The van der Waals surface area contributed by atoms with E-state index in [1.807, 2.05) is 36.4 Å². The Labute approximate surface area is 185 Å². The summed E-state index contributed by atoms with van der Waals surface area (Å²) in [6.45, 7) is 0. The fraction of sp³-hybridized carbons (Fsp3) is 0.160. The average molecular weight is 432 g/mol. The molecule has 0 saturated carbocycles. The highest BCUT2D eigenvalue weighted by Crippen LogP contribution is 2.08. The van der Waals surface area contributed by atoms with Gasteiger partial charge in [0.2, 0.25) is 11.8 Å². The molecule has 0 unspecified atom stereocenters. The van der Waals surface area contributed by atoms with Gasteiger partial charge in [-0.15, -0.1) is 0 Å². The van der Waals surface area contributed by atoms with E-state index in [0.717, 1.165) is 11.1 Å². The van der Waals surface area contributed by atoms with Gasteiger partial charge < -0.3 is 20.2 Å². The molecular weight excluding hydrogens is 408 g/mol. The van der Waals surface area contributed by atoms with E-state index in [-0.39, 0.29) is 12.8 Å². The number of carbonyl (C=O) groups excluding carboxylic acids is 2. The molecule has 0 aliphatic rings. The monoisotopic (exact) mass is 432 g/mol. The number of amides is 2. The highest BCUT2D eigenvalue weighted by Gasteiger charge is 2.26. The summed E-state index contributed by atoms with van der Waals surface area (Å²) in [6.07, 6.45) is 4.59. The van der Waals surface area contributed by atoms with Crippen molar-refractivity contribution in [3.63, 3.8) is 0 Å². The molecule has 0 fully saturated rings. The van der Waals surface area contributed by atoms with E-state index in [2.05, 4.69) is 10.6 Å². The number of rotatable bonds is 10. The number of hydrogen-bond donors (Lipinski definition) is 3. The van der Waals surface area contributed by atoms with E-state index in [4.69, 9.17) is 4.42 Å². The second-order valence-corrected chi connectivity index (χ2v) is 7.19. The van der Waals surface area contributed by atoms with E-state index in [0.29, 0.717) is 5.76 Å². The average Bonchev–Trinajstić information content (AvgIpc) is 3.32. The van der Waals surface area contributed by atoms with Crippen molar-refractivity contribution in [2.24, 2.45) is 0 Å². The van der Waals surface area contributed by atoms with Crippen molar-refractivity contribution in [1.29, 1.82) is 0 Å². The van der Waals surface area contributed by atoms with Crippen LogP contribution in [0.5, 0.6) is 0 Å². The number of furan rings is 1. The third kappa shape index (κ3) is 6.98. The van der Waals surface area contributed by atoms with Gasteiger partial charge in [0.05, 0.1) is 6.26 Å². The Morgan fingerprint density at radius 2 is 1.41 bits per heavy atom. The van der Waals surface area contributed by atoms with Gasteiger partial charge in [-0.05, 0) is 29.3 Å². The molecule has 3 rings (SSSR count). The molecule has 3 aromatic rings. The number of carboxylic acid groups (broad SMARTS) is 1. The van der Waals surface area contributed by atoms with Gasteiger partial charge in [-0.1, -0.05) is 60.7 Å². The first-order chi connectivity index (χ1) is 15.5. The van der Waals surface area contributed by atoms with Gasteiger partial charge in [0, 0.05) is 18.9 Å². The molecule has 32 heavy (non-hydrogen) atoms. The summed E-state index contributed by atoms with van der Waals surface area (Å²) >= 11 is 0. The van der Waals surface area contributed by atoms with Crippen LogP contribution in [0.3, 0.4) is 0 Å². The molecule has 0 spiro atoms. The number of carbonyl (C=O) groups is 3. The smallest absolute Gasteiger partial charge is 0.326 e. The highest BCUT2D eigenvalue weighted by atomic mass is 16.4. The SMILES string of the molecule is O=C(/C=C/c1ccco1)N[C@H](Cc1ccccc1)C(=O)N[C@@H](Cc1ccccc1)C(=O)O. The molecule has 2 aromatic carbocycles. The molecule has 0 saturated heterocycles. The van der Waals surface area contributed by atoms with Crippen LogP contribution in [0.1, 0.15) is 16.9 Å². The quantitative estimate of drug-likeness (QED) is 0.427. The Kier molecular flexibility index (Phi) is 7.97. The molecular formula is C25H24N2O5. The third-order valence-electron chi connectivity index (χ3n) is 4.76. The maximum atomic E-state index is 13.0. The van der Waals surface area contributed by atoms with Crippen LogP contribution in [-0.4, -0.2) is 35.0 Å². The van der Waals surface area contributed by atoms with Crippen LogP contribution in [0, 0.1) is 0 Å². The largest absolute Gasteiger partial charge is 0.480 e. The number of hydrogen-bond acceptors (Lipinski definition) is 4. The molecule has 164 valence electrons. The lowest BCUT2D eigenvalue weighted by Gasteiger charge is -2.21. The van der Waals surface area contributed by atoms with Crippen LogP contribution >= 0.6 is 0 Å². The van der Waals surface area contributed by atoms with E-state index in [9.17, 15) is 19.5 Å². The summed E-state index contributed by atoms with van der Waals surface area (Å²) in [5.41, 5.74) is 1.61. The first kappa shape index (κ1) is 22.6. The van der Waals surface area contributed by atoms with Crippen LogP contribution in [0.2, 0.25) is 0 Å². The highest BCUT2D eigenvalue weighted by molar-refractivity contribution is 5.96. The summed E-state index contributed by atoms with van der Waals surface area (Å²) < 4.78 is 5.16. The van der Waals surface area contributed by atoms with Crippen molar-refractivity contribution in [3.05, 3.63) is 102 Å². The van der Waals surface area contributed by atoms with Crippen molar-refractivity contribution < 1.29 is 23.9 Å². The summed E-state index contributed by atoms with van der Waals surface area (Å²) in [5, 5.41) is 14.8. The van der Waals surface area contributed by atoms with Gasteiger partial charge in [-0.2, -0.15) is 0 Å². The van der Waals surface area contributed by atoms with Gasteiger partial charge >= 0.3 is 5.97 Å². The Morgan fingerprint density at radius 1 is 0.812 bits per heavy atom. The Balaban J connectivity index is 1.72. The maximum absolute atomic E-state index is 13.0. The Bertz CT molecular complexity index is 1050. The number of carboxylic acids is 1. The van der Waals surface area contributed by atoms with Gasteiger partial charge in [-0.3, -0.25) is 9.59 Å².